The Labute approximate surface area is 149 Å². The molecule has 0 heterocycles. The van der Waals surface area contributed by atoms with Crippen LogP contribution < -0.4 is 20.9 Å². The Morgan fingerprint density at radius 1 is 1.24 bits per heavy atom. The minimum Gasteiger partial charge on any atom is -0.372 e. The highest BCUT2D eigenvalue weighted by molar-refractivity contribution is 5.86. The molecule has 0 aliphatic rings. The summed E-state index contributed by atoms with van der Waals surface area (Å²) < 4.78 is 13.7. The maximum absolute atomic E-state index is 13.7. The second-order valence-electron chi connectivity index (χ2n) is 6.88. The van der Waals surface area contributed by atoms with Crippen molar-refractivity contribution < 1.29 is 9.18 Å². The number of carbonyl (C=O) groups excluding carboxylic acids is 1. The highest BCUT2D eigenvalue weighted by Gasteiger charge is 2.13. The number of para-hydroxylation sites is 1. The standard InChI is InChI=1S/C18H30FN5O/c1-18(2,3)23-16(25)13-22-17(20-4)21-11-8-12-24(5)15-10-7-6-9-14(15)19/h6-7,9-10H,8,11-13H2,1-5H3,(H,23,25)(H2,20,21,22). The molecular formula is C18H30FN5O. The molecule has 0 aliphatic heterocycles. The van der Waals surface area contributed by atoms with Crippen molar-refractivity contribution in [2.24, 2.45) is 4.99 Å². The number of amides is 1. The molecule has 6 nitrogen and oxygen atoms in total. The summed E-state index contributed by atoms with van der Waals surface area (Å²) in [4.78, 5) is 17.8. The number of nitrogens with zero attached hydrogens (tertiary/aromatic N) is 2. The molecule has 140 valence electrons. The van der Waals surface area contributed by atoms with E-state index in [-0.39, 0.29) is 23.8 Å². The van der Waals surface area contributed by atoms with Crippen LogP contribution in [0, 0.1) is 5.82 Å². The minimum atomic E-state index is -0.257. The molecule has 0 saturated heterocycles. The van der Waals surface area contributed by atoms with E-state index in [9.17, 15) is 9.18 Å². The van der Waals surface area contributed by atoms with Gasteiger partial charge in [-0.15, -0.1) is 0 Å². The van der Waals surface area contributed by atoms with E-state index in [1.807, 2.05) is 38.8 Å². The third-order valence-corrected chi connectivity index (χ3v) is 3.38. The van der Waals surface area contributed by atoms with Gasteiger partial charge in [0, 0.05) is 32.7 Å². The Bertz CT molecular complexity index is 583. The van der Waals surface area contributed by atoms with Crippen LogP contribution in [0.1, 0.15) is 27.2 Å². The molecule has 0 aromatic heterocycles. The minimum absolute atomic E-state index is 0.0882. The topological polar surface area (TPSA) is 68.8 Å². The summed E-state index contributed by atoms with van der Waals surface area (Å²) in [6.07, 6.45) is 0.805. The molecule has 0 bridgehead atoms. The molecule has 25 heavy (non-hydrogen) atoms. The maximum Gasteiger partial charge on any atom is 0.239 e. The fourth-order valence-corrected chi connectivity index (χ4v) is 2.25. The van der Waals surface area contributed by atoms with Crippen molar-refractivity contribution in [1.29, 1.82) is 0 Å². The Kier molecular flexibility index (Phi) is 8.18. The summed E-state index contributed by atoms with van der Waals surface area (Å²) in [6, 6.07) is 6.72. The number of hydrogen-bond acceptors (Lipinski definition) is 3. The van der Waals surface area contributed by atoms with E-state index in [0.717, 1.165) is 6.42 Å². The van der Waals surface area contributed by atoms with Crippen LogP contribution in [-0.4, -0.2) is 51.1 Å². The highest BCUT2D eigenvalue weighted by atomic mass is 19.1. The maximum atomic E-state index is 13.7. The number of guanidine groups is 1. The van der Waals surface area contributed by atoms with Gasteiger partial charge in [0.1, 0.15) is 5.82 Å². The Hall–Kier alpha value is -2.31. The third kappa shape index (κ3) is 8.37. The van der Waals surface area contributed by atoms with E-state index in [4.69, 9.17) is 0 Å². The van der Waals surface area contributed by atoms with Crippen molar-refractivity contribution in [3.63, 3.8) is 0 Å². The van der Waals surface area contributed by atoms with Gasteiger partial charge >= 0.3 is 0 Å². The predicted molar refractivity (Wildman–Crippen MR) is 102 cm³/mol. The molecule has 0 saturated carbocycles. The van der Waals surface area contributed by atoms with Crippen molar-refractivity contribution in [3.05, 3.63) is 30.1 Å². The molecule has 0 atom stereocenters. The predicted octanol–water partition coefficient (Wildman–Crippen LogP) is 1.73. The molecule has 0 radical (unpaired) electrons. The molecule has 0 unspecified atom stereocenters. The van der Waals surface area contributed by atoms with Gasteiger partial charge in [0.25, 0.3) is 0 Å². The molecular weight excluding hydrogens is 321 g/mol. The smallest absolute Gasteiger partial charge is 0.239 e. The first-order valence-electron chi connectivity index (χ1n) is 8.44. The number of anilines is 1. The first-order valence-corrected chi connectivity index (χ1v) is 8.44. The summed E-state index contributed by atoms with van der Waals surface area (Å²) in [5, 5.41) is 9.00. The fourth-order valence-electron chi connectivity index (χ4n) is 2.25. The van der Waals surface area contributed by atoms with Gasteiger partial charge in [-0.1, -0.05) is 12.1 Å². The molecule has 1 amide bonds. The van der Waals surface area contributed by atoms with E-state index < -0.39 is 0 Å². The van der Waals surface area contributed by atoms with Gasteiger partial charge < -0.3 is 20.9 Å². The lowest BCUT2D eigenvalue weighted by Gasteiger charge is -2.21. The Morgan fingerprint density at radius 2 is 1.92 bits per heavy atom. The second-order valence-corrected chi connectivity index (χ2v) is 6.88. The number of benzene rings is 1. The van der Waals surface area contributed by atoms with Crippen molar-refractivity contribution in [1.82, 2.24) is 16.0 Å². The fraction of sp³-hybridized carbons (Fsp3) is 0.556. The van der Waals surface area contributed by atoms with E-state index >= 15 is 0 Å². The molecule has 7 heteroatoms. The molecule has 1 aromatic carbocycles. The van der Waals surface area contributed by atoms with Crippen molar-refractivity contribution in [3.8, 4) is 0 Å². The number of carbonyl (C=O) groups is 1. The third-order valence-electron chi connectivity index (χ3n) is 3.38. The largest absolute Gasteiger partial charge is 0.372 e. The normalized spacial score (nSPS) is 11.8. The zero-order valence-electron chi connectivity index (χ0n) is 15.8. The Balaban J connectivity index is 2.29. The Morgan fingerprint density at radius 3 is 2.52 bits per heavy atom. The van der Waals surface area contributed by atoms with Crippen molar-refractivity contribution in [2.75, 3.05) is 38.6 Å². The van der Waals surface area contributed by atoms with Crippen LogP contribution in [0.3, 0.4) is 0 Å². The van der Waals surface area contributed by atoms with Crippen molar-refractivity contribution in [2.45, 2.75) is 32.7 Å². The number of nitrogens with one attached hydrogen (secondary N) is 3. The van der Waals surface area contributed by atoms with Gasteiger partial charge in [-0.25, -0.2) is 4.39 Å². The first kappa shape index (κ1) is 20.7. The van der Waals surface area contributed by atoms with Gasteiger partial charge in [0.05, 0.1) is 12.2 Å². The van der Waals surface area contributed by atoms with Crippen molar-refractivity contribution >= 4 is 17.6 Å². The van der Waals surface area contributed by atoms with Crippen LogP contribution in [0.5, 0.6) is 0 Å². The average Bonchev–Trinajstić information content (AvgIpc) is 2.52. The molecule has 1 rings (SSSR count). The van der Waals surface area contributed by atoms with Crippen LogP contribution in [0.4, 0.5) is 10.1 Å². The van der Waals surface area contributed by atoms with E-state index in [2.05, 4.69) is 20.9 Å². The summed E-state index contributed by atoms with van der Waals surface area (Å²) in [5.41, 5.74) is 0.330. The summed E-state index contributed by atoms with van der Waals surface area (Å²) in [5.74, 6) is 0.257. The lowest BCUT2D eigenvalue weighted by atomic mass is 10.1. The molecule has 3 N–H and O–H groups in total. The monoisotopic (exact) mass is 351 g/mol. The van der Waals surface area contributed by atoms with Crippen LogP contribution in [0.2, 0.25) is 0 Å². The van der Waals surface area contributed by atoms with Gasteiger partial charge in [0.2, 0.25) is 5.91 Å². The zero-order chi connectivity index (χ0) is 18.9. The van der Waals surface area contributed by atoms with Gasteiger partial charge in [-0.05, 0) is 39.3 Å². The number of aliphatic imine (C=N–C) groups is 1. The molecule has 0 aliphatic carbocycles. The lowest BCUT2D eigenvalue weighted by Crippen LogP contribution is -2.48. The second kappa shape index (κ2) is 9.86. The van der Waals surface area contributed by atoms with Crippen LogP contribution in [0.25, 0.3) is 0 Å². The quantitative estimate of drug-likeness (QED) is 0.398. The summed E-state index contributed by atoms with van der Waals surface area (Å²) in [7, 11) is 3.52. The van der Waals surface area contributed by atoms with Gasteiger partial charge in [-0.3, -0.25) is 9.79 Å². The van der Waals surface area contributed by atoms with Crippen LogP contribution in [0.15, 0.2) is 29.3 Å². The number of hydrogen-bond donors (Lipinski definition) is 3. The van der Waals surface area contributed by atoms with Crippen LogP contribution in [-0.2, 0) is 4.79 Å². The lowest BCUT2D eigenvalue weighted by molar-refractivity contribution is -0.121. The first-order chi connectivity index (χ1) is 11.7. The molecule has 0 spiro atoms. The molecule has 0 fully saturated rings. The summed E-state index contributed by atoms with van der Waals surface area (Å²) in [6.45, 7) is 7.33. The molecule has 1 aromatic rings. The van der Waals surface area contributed by atoms with Gasteiger partial charge in [0.15, 0.2) is 5.96 Å². The van der Waals surface area contributed by atoms with Crippen LogP contribution >= 0.6 is 0 Å². The zero-order valence-corrected chi connectivity index (χ0v) is 15.8. The number of rotatable bonds is 7. The summed E-state index contributed by atoms with van der Waals surface area (Å²) >= 11 is 0. The highest BCUT2D eigenvalue weighted by Crippen LogP contribution is 2.16. The van der Waals surface area contributed by atoms with Gasteiger partial charge in [-0.2, -0.15) is 0 Å². The van der Waals surface area contributed by atoms with E-state index in [0.29, 0.717) is 24.7 Å². The number of halogens is 1. The average molecular weight is 351 g/mol. The SMILES string of the molecule is CN=C(NCCCN(C)c1ccccc1F)NCC(=O)NC(C)(C)C. The van der Waals surface area contributed by atoms with E-state index in [1.54, 1.807) is 19.2 Å². The van der Waals surface area contributed by atoms with E-state index in [1.165, 1.54) is 6.07 Å².